The van der Waals surface area contributed by atoms with Crippen LogP contribution in [-0.2, 0) is 0 Å². The van der Waals surface area contributed by atoms with Crippen LogP contribution in [0.15, 0.2) is 117 Å². The second-order valence-electron chi connectivity index (χ2n) is 6.62. The predicted octanol–water partition coefficient (Wildman–Crippen LogP) is 6.54. The first-order valence-electron chi connectivity index (χ1n) is 9.95. The zero-order valence-electron chi connectivity index (χ0n) is 18.0. The van der Waals surface area contributed by atoms with Crippen molar-refractivity contribution in [1.29, 1.82) is 0 Å². The number of anilines is 4. The molecule has 0 bridgehead atoms. The minimum atomic E-state index is -0.274. The van der Waals surface area contributed by atoms with Crippen LogP contribution in [0.3, 0.4) is 0 Å². The molecule has 10 heteroatoms. The van der Waals surface area contributed by atoms with Gasteiger partial charge < -0.3 is 0 Å². The first-order chi connectivity index (χ1) is 16.5. The van der Waals surface area contributed by atoms with Crippen LogP contribution in [0.2, 0.25) is 0 Å². The average molecular weight is 752 g/mol. The molecule has 4 aromatic rings. The molecule has 4 rings (SSSR count). The van der Waals surface area contributed by atoms with E-state index in [9.17, 15) is 0 Å². The first kappa shape index (κ1) is 27.6. The third-order valence-corrected chi connectivity index (χ3v) is 20.6. The normalized spacial score (nSPS) is 10.4. The van der Waals surface area contributed by atoms with E-state index in [-0.39, 0.29) is 36.3 Å². The molecule has 0 aliphatic carbocycles. The van der Waals surface area contributed by atoms with Crippen LogP contribution in [0, 0.1) is 0 Å². The zero-order valence-corrected chi connectivity index (χ0v) is 25.9. The maximum atomic E-state index is 5.90. The van der Waals surface area contributed by atoms with E-state index < -0.39 is 0 Å². The van der Waals surface area contributed by atoms with Gasteiger partial charge in [-0.2, -0.15) is 0 Å². The molecular formula is C24H24N4S4Te2. The fourth-order valence-electron chi connectivity index (χ4n) is 2.41. The molecular weight excluding hydrogens is 728 g/mol. The van der Waals surface area contributed by atoms with Crippen LogP contribution >= 0.6 is 36.0 Å². The molecule has 8 N–H and O–H groups in total. The van der Waals surface area contributed by atoms with Crippen molar-refractivity contribution in [3.8, 4) is 0 Å². The van der Waals surface area contributed by atoms with Crippen molar-refractivity contribution in [2.75, 3.05) is 22.9 Å². The van der Waals surface area contributed by atoms with Crippen LogP contribution in [-0.4, -0.2) is 36.3 Å². The Morgan fingerprint density at radius 1 is 0.353 bits per heavy atom. The van der Waals surface area contributed by atoms with Gasteiger partial charge in [-0.3, -0.25) is 0 Å². The molecule has 0 amide bonds. The van der Waals surface area contributed by atoms with Crippen molar-refractivity contribution in [2.45, 2.75) is 19.6 Å². The van der Waals surface area contributed by atoms with Gasteiger partial charge in [-0.25, -0.2) is 0 Å². The molecule has 34 heavy (non-hydrogen) atoms. The quantitative estimate of drug-likeness (QED) is 0.119. The standard InChI is InChI=1S/2C12H12N2S2Te/c2*13-9-5-1-3-7-11(9)15-17-16-12-8-4-2-6-10(12)14/h2*1-8H,13-14H2. The Labute approximate surface area is 232 Å². The van der Waals surface area contributed by atoms with E-state index in [1.54, 1.807) is 0 Å². The van der Waals surface area contributed by atoms with Gasteiger partial charge in [0, 0.05) is 0 Å². The van der Waals surface area contributed by atoms with E-state index in [2.05, 4.69) is 24.3 Å². The average Bonchev–Trinajstić information content (AvgIpc) is 2.84. The van der Waals surface area contributed by atoms with Crippen LogP contribution in [0.5, 0.6) is 0 Å². The Kier molecular flexibility index (Phi) is 12.4. The van der Waals surface area contributed by atoms with Crippen molar-refractivity contribution in [2.24, 2.45) is 0 Å². The summed E-state index contributed by atoms with van der Waals surface area (Å²) in [5.74, 6) is 0. The van der Waals surface area contributed by atoms with Gasteiger partial charge in [0.25, 0.3) is 0 Å². The molecule has 0 spiro atoms. The van der Waals surface area contributed by atoms with E-state index in [1.807, 2.05) is 109 Å². The number of hydrogen-bond donors (Lipinski definition) is 4. The fraction of sp³-hybridized carbons (Fsp3) is 0. The number of nitrogen functional groups attached to an aromatic ring is 4. The van der Waals surface area contributed by atoms with Crippen molar-refractivity contribution in [1.82, 2.24) is 0 Å². The molecule has 4 nitrogen and oxygen atoms in total. The van der Waals surface area contributed by atoms with Gasteiger partial charge in [-0.1, -0.05) is 0 Å². The molecule has 0 aliphatic rings. The molecule has 0 radical (unpaired) electrons. The maximum absolute atomic E-state index is 5.90. The SMILES string of the molecule is Nc1ccccc1S[Te]Sc1ccccc1N.Nc1ccccc1S[Te]Sc1ccccc1N. The molecule has 0 fully saturated rings. The summed E-state index contributed by atoms with van der Waals surface area (Å²) in [6.45, 7) is 0. The Morgan fingerprint density at radius 2 is 0.559 bits per heavy atom. The van der Waals surface area contributed by atoms with E-state index in [1.165, 1.54) is 19.6 Å². The molecule has 0 aromatic heterocycles. The van der Waals surface area contributed by atoms with Crippen LogP contribution < -0.4 is 22.9 Å². The van der Waals surface area contributed by atoms with Gasteiger partial charge in [0.15, 0.2) is 0 Å². The third kappa shape index (κ3) is 9.26. The second kappa shape index (κ2) is 15.2. The van der Waals surface area contributed by atoms with E-state index in [4.69, 9.17) is 22.9 Å². The van der Waals surface area contributed by atoms with Crippen molar-refractivity contribution in [3.05, 3.63) is 97.1 Å². The first-order valence-corrected chi connectivity index (χ1v) is 24.3. The summed E-state index contributed by atoms with van der Waals surface area (Å²) in [5.41, 5.74) is 27.0. The van der Waals surface area contributed by atoms with Gasteiger partial charge in [-0.05, 0) is 0 Å². The topological polar surface area (TPSA) is 104 Å². The summed E-state index contributed by atoms with van der Waals surface area (Å²) in [6, 6.07) is 32.0. The Balaban J connectivity index is 0.000000191. The summed E-state index contributed by atoms with van der Waals surface area (Å²) in [4.78, 5) is 4.71. The van der Waals surface area contributed by atoms with Crippen molar-refractivity contribution < 1.29 is 0 Å². The van der Waals surface area contributed by atoms with Crippen LogP contribution in [0.4, 0.5) is 22.7 Å². The summed E-state index contributed by atoms with van der Waals surface area (Å²) in [7, 11) is 7.45. The Morgan fingerprint density at radius 3 is 0.765 bits per heavy atom. The number of para-hydroxylation sites is 4. The van der Waals surface area contributed by atoms with Crippen LogP contribution in [0.1, 0.15) is 0 Å². The Hall–Kier alpha value is -0.941. The summed E-state index contributed by atoms with van der Waals surface area (Å²) in [6.07, 6.45) is 0. The van der Waals surface area contributed by atoms with Crippen LogP contribution in [0.25, 0.3) is 0 Å². The Bertz CT molecular complexity index is 1010. The molecule has 4 aromatic carbocycles. The van der Waals surface area contributed by atoms with Gasteiger partial charge in [0.1, 0.15) is 0 Å². The number of nitrogens with two attached hydrogens (primary N) is 4. The number of hydrogen-bond acceptors (Lipinski definition) is 8. The van der Waals surface area contributed by atoms with E-state index >= 15 is 0 Å². The predicted molar refractivity (Wildman–Crippen MR) is 158 cm³/mol. The van der Waals surface area contributed by atoms with Gasteiger partial charge in [-0.15, -0.1) is 0 Å². The monoisotopic (exact) mass is 756 g/mol. The van der Waals surface area contributed by atoms with E-state index in [0.717, 1.165) is 22.7 Å². The number of rotatable bonds is 8. The minimum absolute atomic E-state index is 0.274. The third-order valence-electron chi connectivity index (χ3n) is 4.17. The molecule has 176 valence electrons. The summed E-state index contributed by atoms with van der Waals surface area (Å²) < 4.78 is 0. The molecule has 0 heterocycles. The zero-order chi connectivity index (χ0) is 24.2. The fourth-order valence-corrected chi connectivity index (χ4v) is 19.5. The summed E-state index contributed by atoms with van der Waals surface area (Å²) >= 11 is -0.548. The van der Waals surface area contributed by atoms with Gasteiger partial charge >= 0.3 is 235 Å². The molecule has 0 atom stereocenters. The van der Waals surface area contributed by atoms with Gasteiger partial charge in [0.05, 0.1) is 0 Å². The second-order valence-corrected chi connectivity index (χ2v) is 22.8. The van der Waals surface area contributed by atoms with Crippen molar-refractivity contribution in [3.63, 3.8) is 0 Å². The molecule has 0 aliphatic heterocycles. The molecule has 0 saturated carbocycles. The van der Waals surface area contributed by atoms with E-state index in [0.29, 0.717) is 0 Å². The van der Waals surface area contributed by atoms with Crippen molar-refractivity contribution >= 4 is 95.1 Å². The molecule has 0 saturated heterocycles. The van der Waals surface area contributed by atoms with Gasteiger partial charge in [0.2, 0.25) is 0 Å². The summed E-state index contributed by atoms with van der Waals surface area (Å²) in [5, 5.41) is 0. The molecule has 0 unspecified atom stereocenters. The number of benzene rings is 4.